The lowest BCUT2D eigenvalue weighted by Gasteiger charge is -2.37. The Bertz CT molecular complexity index is 1210. The number of aromatic nitrogens is 2. The van der Waals surface area contributed by atoms with E-state index in [1.807, 2.05) is 11.0 Å². The zero-order chi connectivity index (χ0) is 24.2. The molecule has 1 aliphatic heterocycles. The molecule has 34 heavy (non-hydrogen) atoms. The van der Waals surface area contributed by atoms with Crippen LogP contribution in [0.5, 0.6) is 0 Å². The lowest BCUT2D eigenvalue weighted by atomic mass is 10.1. The van der Waals surface area contributed by atoms with E-state index in [9.17, 15) is 20.2 Å². The Morgan fingerprint density at radius 2 is 1.53 bits per heavy atom. The molecule has 2 aromatic carbocycles. The van der Waals surface area contributed by atoms with Crippen LogP contribution in [-0.4, -0.2) is 46.0 Å². The van der Waals surface area contributed by atoms with Crippen molar-refractivity contribution in [3.63, 3.8) is 0 Å². The molecule has 2 N–H and O–H groups in total. The molecule has 0 radical (unpaired) electrons. The molecule has 0 bridgehead atoms. The summed E-state index contributed by atoms with van der Waals surface area (Å²) in [4.78, 5) is 34.1. The monoisotopic (exact) mass is 464 g/mol. The molecule has 1 saturated heterocycles. The van der Waals surface area contributed by atoms with Crippen molar-refractivity contribution in [1.82, 2.24) is 9.97 Å². The molecular formula is C22H24N8O4. The smallest absolute Gasteiger partial charge is 0.355 e. The number of anilines is 4. The van der Waals surface area contributed by atoms with Gasteiger partial charge in [-0.2, -0.15) is 0 Å². The van der Waals surface area contributed by atoms with Crippen LogP contribution >= 0.6 is 0 Å². The van der Waals surface area contributed by atoms with Gasteiger partial charge in [0.1, 0.15) is 6.33 Å². The summed E-state index contributed by atoms with van der Waals surface area (Å²) in [6.07, 6.45) is 1.28. The molecule has 1 aromatic heterocycles. The predicted molar refractivity (Wildman–Crippen MR) is 129 cm³/mol. The Balaban J connectivity index is 1.49. The molecule has 12 nitrogen and oxygen atoms in total. The highest BCUT2D eigenvalue weighted by molar-refractivity contribution is 5.72. The molecule has 4 rings (SSSR count). The van der Waals surface area contributed by atoms with Gasteiger partial charge in [-0.3, -0.25) is 31.1 Å². The molecule has 3 aromatic rings. The third kappa shape index (κ3) is 4.65. The summed E-state index contributed by atoms with van der Waals surface area (Å²) in [6, 6.07) is 11.9. The first kappa shape index (κ1) is 22.7. The van der Waals surface area contributed by atoms with E-state index in [0.717, 1.165) is 0 Å². The second kappa shape index (κ2) is 9.57. The van der Waals surface area contributed by atoms with Crippen LogP contribution in [0.25, 0.3) is 0 Å². The molecule has 1 aliphatic rings. The first-order valence-electron chi connectivity index (χ1n) is 10.7. The maximum absolute atomic E-state index is 11.9. The molecule has 0 unspecified atom stereocenters. The molecule has 0 atom stereocenters. The van der Waals surface area contributed by atoms with Crippen molar-refractivity contribution in [3.05, 3.63) is 80.1 Å². The fourth-order valence-electron chi connectivity index (χ4n) is 3.90. The van der Waals surface area contributed by atoms with Gasteiger partial charge in [0.2, 0.25) is 11.6 Å². The van der Waals surface area contributed by atoms with Gasteiger partial charge in [0.05, 0.1) is 15.5 Å². The Morgan fingerprint density at radius 1 is 0.853 bits per heavy atom. The quantitative estimate of drug-likeness (QED) is 0.393. The van der Waals surface area contributed by atoms with Gasteiger partial charge >= 0.3 is 5.69 Å². The predicted octanol–water partition coefficient (Wildman–Crippen LogP) is 3.68. The maximum atomic E-state index is 11.9. The van der Waals surface area contributed by atoms with E-state index in [1.165, 1.54) is 47.4 Å². The average Bonchev–Trinajstić information content (AvgIpc) is 2.84. The minimum Gasteiger partial charge on any atom is -0.368 e. The van der Waals surface area contributed by atoms with E-state index < -0.39 is 9.85 Å². The van der Waals surface area contributed by atoms with Crippen molar-refractivity contribution >= 4 is 34.4 Å². The second-order valence-electron chi connectivity index (χ2n) is 7.90. The summed E-state index contributed by atoms with van der Waals surface area (Å²) >= 11 is 0. The van der Waals surface area contributed by atoms with E-state index in [0.29, 0.717) is 31.9 Å². The Morgan fingerprint density at radius 3 is 2.18 bits per heavy atom. The zero-order valence-electron chi connectivity index (χ0n) is 18.8. The number of aryl methyl sites for hydroxylation is 1. The van der Waals surface area contributed by atoms with Crippen molar-refractivity contribution in [2.75, 3.05) is 46.8 Å². The Kier molecular flexibility index (Phi) is 6.39. The number of non-ortho nitro benzene ring substituents is 1. The van der Waals surface area contributed by atoms with Crippen molar-refractivity contribution in [2.24, 2.45) is 0 Å². The Labute approximate surface area is 195 Å². The lowest BCUT2D eigenvalue weighted by molar-refractivity contribution is -0.384. The van der Waals surface area contributed by atoms with Gasteiger partial charge in [-0.05, 0) is 43.2 Å². The van der Waals surface area contributed by atoms with E-state index in [4.69, 9.17) is 0 Å². The third-order valence-electron chi connectivity index (χ3n) is 5.88. The highest BCUT2D eigenvalue weighted by Gasteiger charge is 2.29. The van der Waals surface area contributed by atoms with Crippen LogP contribution in [0.2, 0.25) is 0 Å². The lowest BCUT2D eigenvalue weighted by Crippen LogP contribution is -2.47. The molecule has 0 aliphatic carbocycles. The molecule has 176 valence electrons. The topological polar surface area (TPSA) is 143 Å². The largest absolute Gasteiger partial charge is 0.368 e. The van der Waals surface area contributed by atoms with Crippen LogP contribution < -0.4 is 20.7 Å². The summed E-state index contributed by atoms with van der Waals surface area (Å²) < 4.78 is 0. The summed E-state index contributed by atoms with van der Waals surface area (Å²) in [5, 5.41) is 22.7. The molecular weight excluding hydrogens is 440 g/mol. The van der Waals surface area contributed by atoms with E-state index >= 15 is 0 Å². The fourth-order valence-corrected chi connectivity index (χ4v) is 3.90. The first-order valence-corrected chi connectivity index (χ1v) is 10.7. The number of rotatable bonds is 7. The van der Waals surface area contributed by atoms with Crippen LogP contribution in [0.15, 0.2) is 48.8 Å². The number of benzene rings is 2. The number of nitrogens with one attached hydrogen (secondary N) is 2. The molecule has 1 fully saturated rings. The SMILES string of the molecule is Cc1cccc(N2CCN(c3ncnc(NNc4ccc([N+](=O)[O-])cc4)c3[N+](=O)[O-])CC2)c1C. The minimum absolute atomic E-state index is 0.00492. The maximum Gasteiger partial charge on any atom is 0.355 e. The Hall–Kier alpha value is -4.48. The van der Waals surface area contributed by atoms with Gasteiger partial charge in [-0.1, -0.05) is 12.1 Å². The number of piperazine rings is 1. The van der Waals surface area contributed by atoms with Gasteiger partial charge in [-0.15, -0.1) is 0 Å². The fraction of sp³-hybridized carbons (Fsp3) is 0.273. The van der Waals surface area contributed by atoms with Gasteiger partial charge in [0, 0.05) is 44.0 Å². The molecule has 12 heteroatoms. The van der Waals surface area contributed by atoms with Gasteiger partial charge in [0.25, 0.3) is 5.69 Å². The van der Waals surface area contributed by atoms with Gasteiger partial charge in [-0.25, -0.2) is 9.97 Å². The number of nitro groups is 2. The number of nitro benzene ring substituents is 1. The van der Waals surface area contributed by atoms with Crippen LogP contribution in [0.1, 0.15) is 11.1 Å². The highest BCUT2D eigenvalue weighted by atomic mass is 16.6. The van der Waals surface area contributed by atoms with Gasteiger partial charge in [0.15, 0.2) is 0 Å². The van der Waals surface area contributed by atoms with Crippen LogP contribution in [0.3, 0.4) is 0 Å². The molecule has 0 amide bonds. The molecule has 2 heterocycles. The standard InChI is InChI=1S/C22H24N8O4/c1-15-4-3-5-19(16(15)2)27-10-12-28(13-11-27)22-20(30(33)34)21(23-14-24-22)26-25-17-6-8-18(9-7-17)29(31)32/h3-9,14,25H,10-13H2,1-2H3,(H,23,24,26). The number of hydrazine groups is 1. The van der Waals surface area contributed by atoms with Crippen LogP contribution in [0, 0.1) is 34.1 Å². The minimum atomic E-state index is -0.508. The van der Waals surface area contributed by atoms with E-state index in [1.54, 1.807) is 0 Å². The number of nitrogens with zero attached hydrogens (tertiary/aromatic N) is 6. The highest BCUT2D eigenvalue weighted by Crippen LogP contribution is 2.33. The third-order valence-corrected chi connectivity index (χ3v) is 5.88. The first-order chi connectivity index (χ1) is 16.3. The van der Waals surface area contributed by atoms with Crippen molar-refractivity contribution < 1.29 is 9.85 Å². The normalized spacial score (nSPS) is 13.5. The molecule has 0 spiro atoms. The summed E-state index contributed by atoms with van der Waals surface area (Å²) in [7, 11) is 0. The number of hydrogen-bond donors (Lipinski definition) is 2. The van der Waals surface area contributed by atoms with Gasteiger partial charge < -0.3 is 9.80 Å². The van der Waals surface area contributed by atoms with Crippen molar-refractivity contribution in [3.8, 4) is 0 Å². The summed E-state index contributed by atoms with van der Waals surface area (Å²) in [6.45, 7) is 6.73. The summed E-state index contributed by atoms with van der Waals surface area (Å²) in [5.74, 6) is 0.249. The van der Waals surface area contributed by atoms with E-state index in [2.05, 4.69) is 51.7 Å². The number of hydrogen-bond acceptors (Lipinski definition) is 10. The zero-order valence-corrected chi connectivity index (χ0v) is 18.8. The second-order valence-corrected chi connectivity index (χ2v) is 7.90. The summed E-state index contributed by atoms with van der Waals surface area (Å²) in [5.41, 5.74) is 9.36. The van der Waals surface area contributed by atoms with Crippen LogP contribution in [0.4, 0.5) is 34.4 Å². The van der Waals surface area contributed by atoms with Crippen LogP contribution in [-0.2, 0) is 0 Å². The molecule has 0 saturated carbocycles. The van der Waals surface area contributed by atoms with Crippen molar-refractivity contribution in [1.29, 1.82) is 0 Å². The van der Waals surface area contributed by atoms with Crippen molar-refractivity contribution in [2.45, 2.75) is 13.8 Å². The van der Waals surface area contributed by atoms with E-state index in [-0.39, 0.29) is 23.0 Å². The average molecular weight is 464 g/mol.